The molecule has 1 aromatic carbocycles. The number of nitrogens with zero attached hydrogens (tertiary/aromatic N) is 1. The SMILES string of the molecule is O=C(Nc1ncccc1C(=O)O)c1ccc(F)c(Cl)c1. The maximum absolute atomic E-state index is 13.0. The van der Waals surface area contributed by atoms with E-state index in [0.717, 1.165) is 12.1 Å². The lowest BCUT2D eigenvalue weighted by atomic mass is 10.2. The number of benzene rings is 1. The Morgan fingerprint density at radius 2 is 2.05 bits per heavy atom. The fourth-order valence-electron chi connectivity index (χ4n) is 1.49. The zero-order valence-corrected chi connectivity index (χ0v) is 10.7. The summed E-state index contributed by atoms with van der Waals surface area (Å²) >= 11 is 5.58. The van der Waals surface area contributed by atoms with Gasteiger partial charge < -0.3 is 10.4 Å². The number of aromatic carboxylic acids is 1. The third-order valence-electron chi connectivity index (χ3n) is 2.45. The number of halogens is 2. The number of pyridine rings is 1. The van der Waals surface area contributed by atoms with E-state index >= 15 is 0 Å². The molecule has 0 unspecified atom stereocenters. The van der Waals surface area contributed by atoms with Crippen LogP contribution in [0.5, 0.6) is 0 Å². The van der Waals surface area contributed by atoms with Crippen LogP contribution in [0.2, 0.25) is 5.02 Å². The van der Waals surface area contributed by atoms with Crippen molar-refractivity contribution < 1.29 is 19.1 Å². The van der Waals surface area contributed by atoms with Crippen molar-refractivity contribution in [2.45, 2.75) is 0 Å². The molecular formula is C13H8ClFN2O3. The summed E-state index contributed by atoms with van der Waals surface area (Å²) in [5.74, 6) is -2.59. The number of carbonyl (C=O) groups is 2. The highest BCUT2D eigenvalue weighted by atomic mass is 35.5. The Hall–Kier alpha value is -2.47. The summed E-state index contributed by atoms with van der Waals surface area (Å²) in [7, 11) is 0. The van der Waals surface area contributed by atoms with Crippen LogP contribution in [0.1, 0.15) is 20.7 Å². The first-order valence-corrected chi connectivity index (χ1v) is 5.81. The summed E-state index contributed by atoms with van der Waals surface area (Å²) in [5, 5.41) is 11.1. The van der Waals surface area contributed by atoms with E-state index in [9.17, 15) is 14.0 Å². The number of aromatic nitrogens is 1. The maximum atomic E-state index is 13.0. The highest BCUT2D eigenvalue weighted by Gasteiger charge is 2.15. The van der Waals surface area contributed by atoms with Crippen LogP contribution in [0.3, 0.4) is 0 Å². The molecule has 5 nitrogen and oxygen atoms in total. The Bertz CT molecular complexity index is 691. The zero-order chi connectivity index (χ0) is 14.7. The van der Waals surface area contributed by atoms with Crippen molar-refractivity contribution in [2.24, 2.45) is 0 Å². The summed E-state index contributed by atoms with van der Waals surface area (Å²) in [4.78, 5) is 26.7. The van der Waals surface area contributed by atoms with Crippen LogP contribution >= 0.6 is 11.6 Å². The average Bonchev–Trinajstić information content (AvgIpc) is 2.42. The second kappa shape index (κ2) is 5.66. The van der Waals surface area contributed by atoms with E-state index in [-0.39, 0.29) is 22.0 Å². The van der Waals surface area contributed by atoms with Gasteiger partial charge in [-0.15, -0.1) is 0 Å². The molecule has 1 amide bonds. The van der Waals surface area contributed by atoms with Gasteiger partial charge in [0, 0.05) is 11.8 Å². The van der Waals surface area contributed by atoms with Crippen LogP contribution in [-0.4, -0.2) is 22.0 Å². The molecule has 2 aromatic rings. The van der Waals surface area contributed by atoms with Crippen LogP contribution in [0, 0.1) is 5.82 Å². The first-order valence-electron chi connectivity index (χ1n) is 5.44. The predicted molar refractivity (Wildman–Crippen MR) is 70.6 cm³/mol. The van der Waals surface area contributed by atoms with E-state index in [1.165, 1.54) is 24.4 Å². The van der Waals surface area contributed by atoms with E-state index in [4.69, 9.17) is 16.7 Å². The number of anilines is 1. The second-order valence-electron chi connectivity index (χ2n) is 3.79. The molecule has 0 aliphatic heterocycles. The lowest BCUT2D eigenvalue weighted by Crippen LogP contribution is -2.16. The van der Waals surface area contributed by atoms with Crippen molar-refractivity contribution in [3.63, 3.8) is 0 Å². The van der Waals surface area contributed by atoms with Crippen LogP contribution in [-0.2, 0) is 0 Å². The Kier molecular flexibility index (Phi) is 3.95. The second-order valence-corrected chi connectivity index (χ2v) is 4.19. The molecule has 0 fully saturated rings. The number of carbonyl (C=O) groups excluding carboxylic acids is 1. The van der Waals surface area contributed by atoms with Gasteiger partial charge in [0.25, 0.3) is 5.91 Å². The summed E-state index contributed by atoms with van der Waals surface area (Å²) in [6.07, 6.45) is 1.35. The quantitative estimate of drug-likeness (QED) is 0.912. The number of carboxylic acid groups (broad SMARTS) is 1. The lowest BCUT2D eigenvalue weighted by molar-refractivity contribution is 0.0697. The molecule has 2 rings (SSSR count). The molecule has 0 aliphatic carbocycles. The maximum Gasteiger partial charge on any atom is 0.339 e. The minimum absolute atomic E-state index is 0.0922. The number of rotatable bonds is 3. The standard InChI is InChI=1S/C13H8ClFN2O3/c14-9-6-7(3-4-10(9)15)12(18)17-11-8(13(19)20)2-1-5-16-11/h1-6H,(H,19,20)(H,16,17,18). The van der Waals surface area contributed by atoms with E-state index < -0.39 is 17.7 Å². The van der Waals surface area contributed by atoms with Crippen molar-refractivity contribution >= 4 is 29.3 Å². The van der Waals surface area contributed by atoms with Gasteiger partial charge in [0.05, 0.1) is 5.02 Å². The molecule has 0 spiro atoms. The highest BCUT2D eigenvalue weighted by molar-refractivity contribution is 6.31. The predicted octanol–water partition coefficient (Wildman–Crippen LogP) is 2.82. The van der Waals surface area contributed by atoms with Gasteiger partial charge in [-0.05, 0) is 30.3 Å². The molecule has 7 heteroatoms. The largest absolute Gasteiger partial charge is 0.478 e. The molecule has 0 saturated heterocycles. The van der Waals surface area contributed by atoms with Crippen LogP contribution in [0.25, 0.3) is 0 Å². The third kappa shape index (κ3) is 2.92. The molecule has 20 heavy (non-hydrogen) atoms. The number of carboxylic acids is 1. The van der Waals surface area contributed by atoms with Crippen molar-refractivity contribution in [3.8, 4) is 0 Å². The molecule has 1 aromatic heterocycles. The molecule has 0 radical (unpaired) electrons. The van der Waals surface area contributed by atoms with Gasteiger partial charge in [-0.1, -0.05) is 11.6 Å². The molecule has 0 aliphatic rings. The van der Waals surface area contributed by atoms with Crippen molar-refractivity contribution in [3.05, 3.63) is 58.5 Å². The minimum Gasteiger partial charge on any atom is -0.478 e. The average molecular weight is 295 g/mol. The van der Waals surface area contributed by atoms with E-state index in [2.05, 4.69) is 10.3 Å². The fourth-order valence-corrected chi connectivity index (χ4v) is 1.68. The van der Waals surface area contributed by atoms with Crippen LogP contribution < -0.4 is 5.32 Å². The van der Waals surface area contributed by atoms with E-state index in [1.807, 2.05) is 0 Å². The molecule has 0 saturated carbocycles. The zero-order valence-electron chi connectivity index (χ0n) is 9.93. The molecule has 0 atom stereocenters. The third-order valence-corrected chi connectivity index (χ3v) is 2.74. The van der Waals surface area contributed by atoms with Gasteiger partial charge in [-0.3, -0.25) is 4.79 Å². The van der Waals surface area contributed by atoms with Gasteiger partial charge in [-0.2, -0.15) is 0 Å². The lowest BCUT2D eigenvalue weighted by Gasteiger charge is -2.07. The number of hydrogen-bond acceptors (Lipinski definition) is 3. The van der Waals surface area contributed by atoms with Crippen LogP contribution in [0.15, 0.2) is 36.5 Å². The smallest absolute Gasteiger partial charge is 0.339 e. The summed E-state index contributed by atoms with van der Waals surface area (Å²) in [6.45, 7) is 0. The monoisotopic (exact) mass is 294 g/mol. The normalized spacial score (nSPS) is 10.1. The van der Waals surface area contributed by atoms with E-state index in [1.54, 1.807) is 0 Å². The van der Waals surface area contributed by atoms with Gasteiger partial charge in [0.1, 0.15) is 17.2 Å². The number of amides is 1. The summed E-state index contributed by atoms with van der Waals surface area (Å²) in [6, 6.07) is 6.18. The fraction of sp³-hybridized carbons (Fsp3) is 0. The Morgan fingerprint density at radius 1 is 1.30 bits per heavy atom. The van der Waals surface area contributed by atoms with Crippen molar-refractivity contribution in [1.82, 2.24) is 4.98 Å². The first kappa shape index (κ1) is 14.0. The summed E-state index contributed by atoms with van der Waals surface area (Å²) in [5.41, 5.74) is -0.0487. The highest BCUT2D eigenvalue weighted by Crippen LogP contribution is 2.18. The minimum atomic E-state index is -1.22. The Balaban J connectivity index is 2.28. The van der Waals surface area contributed by atoms with Gasteiger partial charge in [0.2, 0.25) is 0 Å². The van der Waals surface area contributed by atoms with Crippen molar-refractivity contribution in [2.75, 3.05) is 5.32 Å². The van der Waals surface area contributed by atoms with Crippen LogP contribution in [0.4, 0.5) is 10.2 Å². The summed E-state index contributed by atoms with van der Waals surface area (Å²) < 4.78 is 13.0. The molecular weight excluding hydrogens is 287 g/mol. The van der Waals surface area contributed by atoms with Gasteiger partial charge in [-0.25, -0.2) is 14.2 Å². The first-order chi connectivity index (χ1) is 9.49. The number of hydrogen-bond donors (Lipinski definition) is 2. The molecule has 102 valence electrons. The van der Waals surface area contributed by atoms with Gasteiger partial charge in [0.15, 0.2) is 0 Å². The van der Waals surface area contributed by atoms with E-state index in [0.29, 0.717) is 0 Å². The van der Waals surface area contributed by atoms with Crippen molar-refractivity contribution in [1.29, 1.82) is 0 Å². The topological polar surface area (TPSA) is 79.3 Å². The molecule has 0 bridgehead atoms. The Labute approximate surface area is 118 Å². The Morgan fingerprint density at radius 3 is 2.70 bits per heavy atom. The molecule has 2 N–H and O–H groups in total. The van der Waals surface area contributed by atoms with Gasteiger partial charge >= 0.3 is 5.97 Å². The molecule has 1 heterocycles. The number of nitrogens with one attached hydrogen (secondary N) is 1.